The highest BCUT2D eigenvalue weighted by atomic mass is 16.5. The minimum Gasteiger partial charge on any atom is -0.465 e. The molecule has 1 heterocycles. The Bertz CT molecular complexity index is 434. The second-order valence-corrected chi connectivity index (χ2v) is 4.85. The average Bonchev–Trinajstić information content (AvgIpc) is 2.38. The van der Waals surface area contributed by atoms with Crippen molar-refractivity contribution < 1.29 is 9.53 Å². The summed E-state index contributed by atoms with van der Waals surface area (Å²) in [7, 11) is 3.55. The van der Waals surface area contributed by atoms with Gasteiger partial charge >= 0.3 is 5.97 Å². The number of carbonyl (C=O) groups is 1. The Kier molecular flexibility index (Phi) is 3.87. The molecule has 4 nitrogen and oxygen atoms in total. The number of benzene rings is 1. The molecule has 1 aliphatic heterocycles. The van der Waals surface area contributed by atoms with Crippen molar-refractivity contribution in [2.24, 2.45) is 0 Å². The third-order valence-electron chi connectivity index (χ3n) is 3.43. The number of ether oxygens (including phenoxy) is 1. The summed E-state index contributed by atoms with van der Waals surface area (Å²) in [6.07, 6.45) is 0. The molecule has 1 aromatic carbocycles. The normalized spacial score (nSPS) is 20.8. The fourth-order valence-electron chi connectivity index (χ4n) is 2.45. The van der Waals surface area contributed by atoms with Gasteiger partial charge in [0.25, 0.3) is 0 Å². The Morgan fingerprint density at radius 3 is 2.83 bits per heavy atom. The topological polar surface area (TPSA) is 32.8 Å². The number of carbonyl (C=O) groups excluding carboxylic acids is 1. The highest BCUT2D eigenvalue weighted by molar-refractivity contribution is 5.90. The van der Waals surface area contributed by atoms with Crippen LogP contribution in [0.2, 0.25) is 0 Å². The van der Waals surface area contributed by atoms with Gasteiger partial charge in [0.2, 0.25) is 0 Å². The molecule has 1 aromatic rings. The van der Waals surface area contributed by atoms with Crippen molar-refractivity contribution in [3.05, 3.63) is 29.8 Å². The van der Waals surface area contributed by atoms with Crippen LogP contribution in [0.25, 0.3) is 0 Å². The number of piperazine rings is 1. The van der Waals surface area contributed by atoms with Crippen LogP contribution >= 0.6 is 0 Å². The molecule has 0 amide bonds. The maximum absolute atomic E-state index is 11.5. The van der Waals surface area contributed by atoms with E-state index in [4.69, 9.17) is 4.74 Å². The summed E-state index contributed by atoms with van der Waals surface area (Å²) in [6.45, 7) is 5.29. The van der Waals surface area contributed by atoms with Gasteiger partial charge in [0.15, 0.2) is 0 Å². The lowest BCUT2D eigenvalue weighted by Gasteiger charge is -2.39. The fraction of sp³-hybridized carbons (Fsp3) is 0.500. The van der Waals surface area contributed by atoms with E-state index in [9.17, 15) is 4.79 Å². The predicted octanol–water partition coefficient (Wildman–Crippen LogP) is 1.61. The van der Waals surface area contributed by atoms with Gasteiger partial charge in [0.1, 0.15) is 0 Å². The quantitative estimate of drug-likeness (QED) is 0.745. The number of esters is 1. The summed E-state index contributed by atoms with van der Waals surface area (Å²) >= 11 is 0. The smallest absolute Gasteiger partial charge is 0.337 e. The Labute approximate surface area is 108 Å². The number of rotatable bonds is 2. The number of nitrogens with zero attached hydrogens (tertiary/aromatic N) is 2. The maximum Gasteiger partial charge on any atom is 0.337 e. The minimum atomic E-state index is -0.279. The number of hydrogen-bond acceptors (Lipinski definition) is 4. The van der Waals surface area contributed by atoms with E-state index in [1.807, 2.05) is 18.2 Å². The molecular formula is C14H20N2O2. The van der Waals surface area contributed by atoms with Gasteiger partial charge in [-0.2, -0.15) is 0 Å². The minimum absolute atomic E-state index is 0.279. The first-order valence-electron chi connectivity index (χ1n) is 6.25. The van der Waals surface area contributed by atoms with E-state index in [0.717, 1.165) is 25.3 Å². The average molecular weight is 248 g/mol. The van der Waals surface area contributed by atoms with Crippen LogP contribution < -0.4 is 4.90 Å². The molecule has 1 unspecified atom stereocenters. The van der Waals surface area contributed by atoms with E-state index in [0.29, 0.717) is 11.6 Å². The van der Waals surface area contributed by atoms with E-state index in [-0.39, 0.29) is 5.97 Å². The summed E-state index contributed by atoms with van der Waals surface area (Å²) in [5.74, 6) is -0.279. The molecule has 18 heavy (non-hydrogen) atoms. The molecule has 0 spiro atoms. The van der Waals surface area contributed by atoms with Crippen LogP contribution in [0.3, 0.4) is 0 Å². The first-order valence-corrected chi connectivity index (χ1v) is 6.25. The Morgan fingerprint density at radius 2 is 2.17 bits per heavy atom. The summed E-state index contributed by atoms with van der Waals surface area (Å²) in [5, 5.41) is 0. The molecule has 0 radical (unpaired) electrons. The molecule has 0 aliphatic carbocycles. The van der Waals surface area contributed by atoms with E-state index in [1.165, 1.54) is 7.11 Å². The van der Waals surface area contributed by atoms with Crippen LogP contribution in [-0.2, 0) is 4.74 Å². The second-order valence-electron chi connectivity index (χ2n) is 4.85. The SMILES string of the molecule is COC(=O)c1cccc(N2CCN(C)CC2C)c1. The van der Waals surface area contributed by atoms with E-state index < -0.39 is 0 Å². The first-order chi connectivity index (χ1) is 8.61. The summed E-state index contributed by atoms with van der Waals surface area (Å²) in [5.41, 5.74) is 1.71. The second kappa shape index (κ2) is 5.40. The van der Waals surface area contributed by atoms with E-state index in [2.05, 4.69) is 23.8 Å². The molecular weight excluding hydrogens is 228 g/mol. The van der Waals surface area contributed by atoms with Crippen LogP contribution in [0.5, 0.6) is 0 Å². The van der Waals surface area contributed by atoms with Crippen molar-refractivity contribution in [2.45, 2.75) is 13.0 Å². The highest BCUT2D eigenvalue weighted by Crippen LogP contribution is 2.21. The molecule has 2 rings (SSSR count). The molecule has 1 saturated heterocycles. The molecule has 0 N–H and O–H groups in total. The summed E-state index contributed by atoms with van der Waals surface area (Å²) in [6, 6.07) is 8.11. The van der Waals surface area contributed by atoms with Crippen molar-refractivity contribution in [1.29, 1.82) is 0 Å². The van der Waals surface area contributed by atoms with Gasteiger partial charge in [0.05, 0.1) is 12.7 Å². The predicted molar refractivity (Wildman–Crippen MR) is 72.1 cm³/mol. The Morgan fingerprint density at radius 1 is 1.39 bits per heavy atom. The third-order valence-corrected chi connectivity index (χ3v) is 3.43. The van der Waals surface area contributed by atoms with Gasteiger partial charge < -0.3 is 14.5 Å². The molecule has 1 fully saturated rings. The number of methoxy groups -OCH3 is 1. The maximum atomic E-state index is 11.5. The zero-order valence-corrected chi connectivity index (χ0v) is 11.2. The molecule has 98 valence electrons. The number of likely N-dealkylation sites (N-methyl/N-ethyl adjacent to an activating group) is 1. The summed E-state index contributed by atoms with van der Waals surface area (Å²) < 4.78 is 4.76. The molecule has 0 bridgehead atoms. The van der Waals surface area contributed by atoms with Crippen LogP contribution in [0, 0.1) is 0 Å². The molecule has 4 heteroatoms. The summed E-state index contributed by atoms with van der Waals surface area (Å²) in [4.78, 5) is 16.2. The zero-order chi connectivity index (χ0) is 13.1. The molecule has 0 saturated carbocycles. The molecule has 1 atom stereocenters. The lowest BCUT2D eigenvalue weighted by Crippen LogP contribution is -2.50. The van der Waals surface area contributed by atoms with Crippen molar-refractivity contribution in [2.75, 3.05) is 38.7 Å². The van der Waals surface area contributed by atoms with Gasteiger partial charge in [-0.05, 0) is 32.2 Å². The Balaban J connectivity index is 2.20. The first kappa shape index (κ1) is 12.9. The van der Waals surface area contributed by atoms with Crippen LogP contribution in [0.15, 0.2) is 24.3 Å². The van der Waals surface area contributed by atoms with Crippen LogP contribution in [-0.4, -0.2) is 50.7 Å². The van der Waals surface area contributed by atoms with Crippen molar-refractivity contribution in [1.82, 2.24) is 4.90 Å². The zero-order valence-electron chi connectivity index (χ0n) is 11.2. The van der Waals surface area contributed by atoms with Crippen molar-refractivity contribution >= 4 is 11.7 Å². The Hall–Kier alpha value is -1.55. The van der Waals surface area contributed by atoms with Crippen LogP contribution in [0.1, 0.15) is 17.3 Å². The van der Waals surface area contributed by atoms with Gasteiger partial charge in [-0.3, -0.25) is 0 Å². The van der Waals surface area contributed by atoms with Crippen molar-refractivity contribution in [3.8, 4) is 0 Å². The highest BCUT2D eigenvalue weighted by Gasteiger charge is 2.22. The lowest BCUT2D eigenvalue weighted by atomic mass is 10.1. The van der Waals surface area contributed by atoms with Crippen molar-refractivity contribution in [3.63, 3.8) is 0 Å². The monoisotopic (exact) mass is 248 g/mol. The number of hydrogen-bond donors (Lipinski definition) is 0. The van der Waals surface area contributed by atoms with Gasteiger partial charge in [-0.1, -0.05) is 6.07 Å². The number of anilines is 1. The third kappa shape index (κ3) is 2.64. The van der Waals surface area contributed by atoms with E-state index >= 15 is 0 Å². The van der Waals surface area contributed by atoms with Gasteiger partial charge in [-0.25, -0.2) is 4.79 Å². The van der Waals surface area contributed by atoms with Gasteiger partial charge in [0, 0.05) is 31.4 Å². The largest absolute Gasteiger partial charge is 0.465 e. The van der Waals surface area contributed by atoms with E-state index in [1.54, 1.807) is 6.07 Å². The molecule has 1 aliphatic rings. The van der Waals surface area contributed by atoms with Gasteiger partial charge in [-0.15, -0.1) is 0 Å². The fourth-order valence-corrected chi connectivity index (χ4v) is 2.45. The van der Waals surface area contributed by atoms with Crippen LogP contribution in [0.4, 0.5) is 5.69 Å². The molecule has 0 aromatic heterocycles. The lowest BCUT2D eigenvalue weighted by molar-refractivity contribution is 0.0600. The standard InChI is InChI=1S/C14H20N2O2/c1-11-10-15(2)7-8-16(11)13-6-4-5-12(9-13)14(17)18-3/h4-6,9,11H,7-8,10H2,1-3H3.